The maximum absolute atomic E-state index is 11.8. The van der Waals surface area contributed by atoms with E-state index in [1.165, 1.54) is 64.2 Å². The third-order valence-corrected chi connectivity index (χ3v) is 7.84. The molecule has 13 nitrogen and oxygen atoms in total. The van der Waals surface area contributed by atoms with E-state index in [1.54, 1.807) is 0 Å². The normalized spacial score (nSPS) is 11.5. The molecule has 53 heavy (non-hydrogen) atoms. The van der Waals surface area contributed by atoms with Crippen molar-refractivity contribution in [3.05, 3.63) is 0 Å². The van der Waals surface area contributed by atoms with Crippen molar-refractivity contribution in [1.29, 1.82) is 0 Å². The quantitative estimate of drug-likeness (QED) is 0.0515. The highest BCUT2D eigenvalue weighted by Crippen LogP contribution is 2.10. The lowest BCUT2D eigenvalue weighted by molar-refractivity contribution is -0.145. The Balaban J connectivity index is 3.10. The molecule has 0 heterocycles. The van der Waals surface area contributed by atoms with Gasteiger partial charge < -0.3 is 56.8 Å². The highest BCUT2D eigenvalue weighted by Gasteiger charge is 2.03. The molecule has 0 spiro atoms. The van der Waals surface area contributed by atoms with E-state index in [0.29, 0.717) is 145 Å². The predicted molar refractivity (Wildman–Crippen MR) is 206 cm³/mol. The zero-order valence-electron chi connectivity index (χ0n) is 34.0. The van der Waals surface area contributed by atoms with Crippen LogP contribution in [0.1, 0.15) is 104 Å². The molecule has 0 aromatic carbocycles. The summed E-state index contributed by atoms with van der Waals surface area (Å²) < 4.78 is 65.7. The first-order valence-electron chi connectivity index (χ1n) is 20.8. The minimum Gasteiger partial charge on any atom is -0.463 e. The molecule has 318 valence electrons. The number of carbonyl (C=O) groups excluding carboxylic acids is 1. The molecule has 0 saturated carbocycles. The summed E-state index contributed by atoms with van der Waals surface area (Å²) in [5.74, 6) is -0.135. The van der Waals surface area contributed by atoms with Crippen molar-refractivity contribution >= 4 is 5.97 Å². The number of hydrogen-bond donors (Lipinski definition) is 0. The van der Waals surface area contributed by atoms with Gasteiger partial charge in [0.05, 0.1) is 139 Å². The molecule has 0 aliphatic carbocycles. The zero-order chi connectivity index (χ0) is 38.2. The van der Waals surface area contributed by atoms with Crippen molar-refractivity contribution in [2.45, 2.75) is 104 Å². The second-order valence-corrected chi connectivity index (χ2v) is 12.6. The SMILES string of the molecule is CCCCCCCCCCCC(=O)OCCOCCOCCOCCOCCOCCOCCOCCOCCOCCOCCOCCCCCC. The van der Waals surface area contributed by atoms with Crippen molar-refractivity contribution in [3.63, 3.8) is 0 Å². The van der Waals surface area contributed by atoms with Crippen LogP contribution in [0.3, 0.4) is 0 Å². The van der Waals surface area contributed by atoms with Gasteiger partial charge in [-0.1, -0.05) is 84.5 Å². The van der Waals surface area contributed by atoms with Gasteiger partial charge in [-0.05, 0) is 12.8 Å². The fraction of sp³-hybridized carbons (Fsp3) is 0.975. The van der Waals surface area contributed by atoms with E-state index >= 15 is 0 Å². The Morgan fingerprint density at radius 3 is 0.792 bits per heavy atom. The van der Waals surface area contributed by atoms with E-state index in [-0.39, 0.29) is 12.6 Å². The zero-order valence-corrected chi connectivity index (χ0v) is 34.0. The van der Waals surface area contributed by atoms with Crippen molar-refractivity contribution in [2.24, 2.45) is 0 Å². The second kappa shape index (κ2) is 49.0. The first-order valence-corrected chi connectivity index (χ1v) is 20.8. The molecule has 0 aromatic heterocycles. The number of ether oxygens (including phenoxy) is 12. The largest absolute Gasteiger partial charge is 0.463 e. The molecule has 0 rings (SSSR count). The lowest BCUT2D eigenvalue weighted by Crippen LogP contribution is -2.15. The molecule has 0 amide bonds. The van der Waals surface area contributed by atoms with Crippen LogP contribution in [-0.2, 0) is 61.6 Å². The average Bonchev–Trinajstić information content (AvgIpc) is 3.16. The molecular formula is C40H80O13. The summed E-state index contributed by atoms with van der Waals surface area (Å²) in [5.41, 5.74) is 0. The first kappa shape index (κ1) is 52.0. The number of hydrogen-bond acceptors (Lipinski definition) is 13. The molecule has 0 radical (unpaired) electrons. The molecule has 0 saturated heterocycles. The lowest BCUT2D eigenvalue weighted by Gasteiger charge is -2.09. The summed E-state index contributed by atoms with van der Waals surface area (Å²) in [4.78, 5) is 11.8. The molecule has 0 aromatic rings. The smallest absolute Gasteiger partial charge is 0.305 e. The maximum Gasteiger partial charge on any atom is 0.305 e. The van der Waals surface area contributed by atoms with Gasteiger partial charge in [0.15, 0.2) is 0 Å². The van der Waals surface area contributed by atoms with Gasteiger partial charge in [-0.2, -0.15) is 0 Å². The van der Waals surface area contributed by atoms with Gasteiger partial charge in [0.25, 0.3) is 0 Å². The Morgan fingerprint density at radius 2 is 0.491 bits per heavy atom. The average molecular weight is 769 g/mol. The van der Waals surface area contributed by atoms with Crippen LogP contribution in [0, 0.1) is 0 Å². The number of rotatable bonds is 48. The van der Waals surface area contributed by atoms with Crippen LogP contribution in [0.25, 0.3) is 0 Å². The summed E-state index contributed by atoms with van der Waals surface area (Å²) >= 11 is 0. The topological polar surface area (TPSA) is 128 Å². The molecule has 0 fully saturated rings. The third kappa shape index (κ3) is 49.0. The van der Waals surface area contributed by atoms with Crippen LogP contribution in [0.2, 0.25) is 0 Å². The van der Waals surface area contributed by atoms with Crippen LogP contribution in [0.15, 0.2) is 0 Å². The summed E-state index contributed by atoms with van der Waals surface area (Å²) in [5, 5.41) is 0. The monoisotopic (exact) mass is 769 g/mol. The molecule has 0 aliphatic heterocycles. The van der Waals surface area contributed by atoms with Crippen molar-refractivity contribution in [2.75, 3.05) is 152 Å². The van der Waals surface area contributed by atoms with Crippen LogP contribution in [0.5, 0.6) is 0 Å². The molecule has 13 heteroatoms. The molecule has 0 unspecified atom stereocenters. The fourth-order valence-corrected chi connectivity index (χ4v) is 4.80. The molecular weight excluding hydrogens is 688 g/mol. The Morgan fingerprint density at radius 1 is 0.264 bits per heavy atom. The highest BCUT2D eigenvalue weighted by molar-refractivity contribution is 5.69. The summed E-state index contributed by atoms with van der Waals surface area (Å²) in [6.45, 7) is 16.4. The maximum atomic E-state index is 11.8. The van der Waals surface area contributed by atoms with Crippen molar-refractivity contribution < 1.29 is 61.6 Å². The van der Waals surface area contributed by atoms with Gasteiger partial charge in [0, 0.05) is 13.0 Å². The van der Waals surface area contributed by atoms with Gasteiger partial charge in [0.2, 0.25) is 0 Å². The third-order valence-electron chi connectivity index (χ3n) is 7.84. The summed E-state index contributed by atoms with van der Waals surface area (Å²) in [6, 6.07) is 0. The molecule has 0 N–H and O–H groups in total. The van der Waals surface area contributed by atoms with Crippen LogP contribution in [0.4, 0.5) is 0 Å². The molecule has 0 aliphatic rings. The molecule has 0 bridgehead atoms. The van der Waals surface area contributed by atoms with E-state index in [1.807, 2.05) is 0 Å². The van der Waals surface area contributed by atoms with E-state index in [2.05, 4.69) is 13.8 Å². The fourth-order valence-electron chi connectivity index (χ4n) is 4.80. The van der Waals surface area contributed by atoms with Crippen LogP contribution >= 0.6 is 0 Å². The summed E-state index contributed by atoms with van der Waals surface area (Å²) in [7, 11) is 0. The minimum absolute atomic E-state index is 0.135. The Bertz CT molecular complexity index is 675. The van der Waals surface area contributed by atoms with Gasteiger partial charge >= 0.3 is 5.97 Å². The van der Waals surface area contributed by atoms with E-state index in [0.717, 1.165) is 25.9 Å². The Kier molecular flexibility index (Phi) is 48.2. The van der Waals surface area contributed by atoms with E-state index < -0.39 is 0 Å². The highest BCUT2D eigenvalue weighted by atomic mass is 16.6. The van der Waals surface area contributed by atoms with Gasteiger partial charge in [-0.15, -0.1) is 0 Å². The van der Waals surface area contributed by atoms with Crippen molar-refractivity contribution in [3.8, 4) is 0 Å². The van der Waals surface area contributed by atoms with Crippen LogP contribution < -0.4 is 0 Å². The number of esters is 1. The predicted octanol–water partition coefficient (Wildman–Crippen LogP) is 6.21. The first-order chi connectivity index (χ1) is 26.3. The Hall–Kier alpha value is -0.970. The van der Waals surface area contributed by atoms with Gasteiger partial charge in [-0.25, -0.2) is 0 Å². The Labute approximate surface area is 322 Å². The van der Waals surface area contributed by atoms with Crippen LogP contribution in [-0.4, -0.2) is 158 Å². The van der Waals surface area contributed by atoms with Gasteiger partial charge in [-0.3, -0.25) is 4.79 Å². The second-order valence-electron chi connectivity index (χ2n) is 12.6. The number of carbonyl (C=O) groups is 1. The van der Waals surface area contributed by atoms with E-state index in [9.17, 15) is 4.79 Å². The molecule has 0 atom stereocenters. The lowest BCUT2D eigenvalue weighted by atomic mass is 10.1. The standard InChI is InChI=1S/C40H80O13/c1-3-5-7-9-10-11-12-13-14-16-40(41)53-39-38-52-37-36-51-35-34-50-33-32-49-31-30-48-29-28-47-27-26-46-25-24-45-23-22-44-21-20-43-19-18-42-17-15-8-6-4-2/h3-39H2,1-2H3. The minimum atomic E-state index is -0.135. The van der Waals surface area contributed by atoms with E-state index in [4.69, 9.17) is 56.8 Å². The number of unbranched alkanes of at least 4 members (excludes halogenated alkanes) is 11. The van der Waals surface area contributed by atoms with Gasteiger partial charge in [0.1, 0.15) is 6.61 Å². The van der Waals surface area contributed by atoms with Crippen molar-refractivity contribution in [1.82, 2.24) is 0 Å². The summed E-state index contributed by atoms with van der Waals surface area (Å²) in [6.07, 6.45) is 16.5.